The molecule has 0 aliphatic carbocycles. The summed E-state index contributed by atoms with van der Waals surface area (Å²) >= 11 is 19.1. The average molecular weight is 458 g/mol. The van der Waals surface area contributed by atoms with E-state index < -0.39 is 24.4 Å². The van der Waals surface area contributed by atoms with Crippen molar-refractivity contribution in [2.24, 2.45) is 0 Å². The van der Waals surface area contributed by atoms with Crippen LogP contribution in [0.25, 0.3) is 10.1 Å². The fraction of sp³-hybridized carbons (Fsp3) is 0.0556. The maximum atomic E-state index is 12.2. The van der Waals surface area contributed by atoms with E-state index in [-0.39, 0.29) is 20.5 Å². The molecule has 2 N–H and O–H groups in total. The molecule has 0 saturated carbocycles. The molecule has 28 heavy (non-hydrogen) atoms. The van der Waals surface area contributed by atoms with Crippen molar-refractivity contribution in [3.05, 3.63) is 68.0 Å². The maximum absolute atomic E-state index is 12.2. The Morgan fingerprint density at radius 2 is 1.75 bits per heavy atom. The summed E-state index contributed by atoms with van der Waals surface area (Å²) in [7, 11) is 0. The highest BCUT2D eigenvalue weighted by atomic mass is 35.5. The number of carbonyl (C=O) groups excluding carboxylic acids is 3. The van der Waals surface area contributed by atoms with Gasteiger partial charge < -0.3 is 4.74 Å². The molecule has 1 heterocycles. The largest absolute Gasteiger partial charge is 0.451 e. The van der Waals surface area contributed by atoms with Gasteiger partial charge in [0.15, 0.2) is 6.61 Å². The topological polar surface area (TPSA) is 84.5 Å². The first-order chi connectivity index (χ1) is 13.4. The summed E-state index contributed by atoms with van der Waals surface area (Å²) in [5.74, 6) is -2.08. The number of hydrogen-bond acceptors (Lipinski definition) is 5. The number of amides is 2. The molecule has 0 unspecified atom stereocenters. The van der Waals surface area contributed by atoms with E-state index in [0.29, 0.717) is 10.4 Å². The summed E-state index contributed by atoms with van der Waals surface area (Å²) < 4.78 is 5.68. The highest BCUT2D eigenvalue weighted by molar-refractivity contribution is 7.21. The zero-order chi connectivity index (χ0) is 20.3. The summed E-state index contributed by atoms with van der Waals surface area (Å²) in [5.41, 5.74) is 4.52. The second-order valence-electron chi connectivity index (χ2n) is 5.44. The van der Waals surface area contributed by atoms with Gasteiger partial charge in [0, 0.05) is 15.1 Å². The zero-order valence-electron chi connectivity index (χ0n) is 13.9. The van der Waals surface area contributed by atoms with Crippen LogP contribution in [0.15, 0.2) is 42.5 Å². The summed E-state index contributed by atoms with van der Waals surface area (Å²) in [4.78, 5) is 36.1. The van der Waals surface area contributed by atoms with Gasteiger partial charge in [0.2, 0.25) is 0 Å². The number of thiophene rings is 1. The van der Waals surface area contributed by atoms with Gasteiger partial charge in [-0.2, -0.15) is 0 Å². The third-order valence-corrected chi connectivity index (χ3v) is 5.75. The number of hydrazine groups is 1. The van der Waals surface area contributed by atoms with Crippen molar-refractivity contribution in [2.75, 3.05) is 6.61 Å². The van der Waals surface area contributed by atoms with Crippen LogP contribution in [0.1, 0.15) is 20.0 Å². The lowest BCUT2D eigenvalue weighted by atomic mass is 10.2. The molecule has 0 aliphatic heterocycles. The molecule has 0 atom stereocenters. The molecule has 0 radical (unpaired) electrons. The zero-order valence-corrected chi connectivity index (χ0v) is 17.0. The van der Waals surface area contributed by atoms with E-state index in [1.54, 1.807) is 36.4 Å². The number of ether oxygens (including phenoxy) is 1. The fourth-order valence-corrected chi connectivity index (χ4v) is 4.14. The first-order valence-electron chi connectivity index (χ1n) is 7.75. The first kappa shape index (κ1) is 20.4. The number of esters is 1. The molecule has 6 nitrogen and oxygen atoms in total. The molecule has 0 spiro atoms. The minimum absolute atomic E-state index is 0.159. The average Bonchev–Trinajstić information content (AvgIpc) is 3.00. The van der Waals surface area contributed by atoms with Crippen LogP contribution < -0.4 is 10.9 Å². The third-order valence-electron chi connectivity index (χ3n) is 3.55. The molecule has 0 fully saturated rings. The standard InChI is InChI=1S/C18H11Cl3N2O4S/c19-9-5-6-11-13(7-9)28-16(15(11)21)18(26)27-8-14(24)22-23-17(25)10-3-1-2-4-12(10)20/h1-7H,8H2,(H,22,24)(H,23,25). The predicted molar refractivity (Wildman–Crippen MR) is 109 cm³/mol. The molecule has 0 aliphatic rings. The molecule has 2 aromatic carbocycles. The van der Waals surface area contributed by atoms with E-state index >= 15 is 0 Å². The van der Waals surface area contributed by atoms with Crippen LogP contribution in [0.3, 0.4) is 0 Å². The van der Waals surface area contributed by atoms with Gasteiger partial charge in [0.05, 0.1) is 15.6 Å². The molecule has 0 bridgehead atoms. The number of halogens is 3. The Hall–Kier alpha value is -2.32. The van der Waals surface area contributed by atoms with Crippen molar-refractivity contribution in [3.63, 3.8) is 0 Å². The van der Waals surface area contributed by atoms with Gasteiger partial charge in [-0.15, -0.1) is 11.3 Å². The first-order valence-corrected chi connectivity index (χ1v) is 9.70. The summed E-state index contributed by atoms with van der Waals surface area (Å²) in [5, 5.41) is 1.65. The molecule has 144 valence electrons. The summed E-state index contributed by atoms with van der Waals surface area (Å²) in [6, 6.07) is 11.4. The van der Waals surface area contributed by atoms with Crippen LogP contribution in [0, 0.1) is 0 Å². The number of carbonyl (C=O) groups is 3. The van der Waals surface area contributed by atoms with Crippen molar-refractivity contribution in [1.29, 1.82) is 0 Å². The summed E-state index contributed by atoms with van der Waals surface area (Å²) in [6.07, 6.45) is 0. The van der Waals surface area contributed by atoms with Crippen molar-refractivity contribution in [1.82, 2.24) is 10.9 Å². The molecule has 3 rings (SSSR count). The predicted octanol–water partition coefficient (Wildman–Crippen LogP) is 4.48. The van der Waals surface area contributed by atoms with Gasteiger partial charge in [-0.05, 0) is 24.3 Å². The second-order valence-corrected chi connectivity index (χ2v) is 7.72. The van der Waals surface area contributed by atoms with E-state index in [1.165, 1.54) is 6.07 Å². The van der Waals surface area contributed by atoms with Gasteiger partial charge in [-0.1, -0.05) is 53.0 Å². The molecular formula is C18H11Cl3N2O4S. The van der Waals surface area contributed by atoms with Gasteiger partial charge >= 0.3 is 5.97 Å². The van der Waals surface area contributed by atoms with E-state index in [4.69, 9.17) is 39.5 Å². The van der Waals surface area contributed by atoms with Crippen molar-refractivity contribution in [3.8, 4) is 0 Å². The molecule has 3 aromatic rings. The quantitative estimate of drug-likeness (QED) is 0.447. The van der Waals surface area contributed by atoms with E-state index in [2.05, 4.69) is 10.9 Å². The Kier molecular flexibility index (Phi) is 6.41. The molecular weight excluding hydrogens is 447 g/mol. The van der Waals surface area contributed by atoms with Crippen LogP contribution in [0.2, 0.25) is 15.1 Å². The number of rotatable bonds is 4. The Bertz CT molecular complexity index is 1080. The lowest BCUT2D eigenvalue weighted by molar-refractivity contribution is -0.125. The van der Waals surface area contributed by atoms with Gasteiger partial charge in [0.1, 0.15) is 4.88 Å². The lowest BCUT2D eigenvalue weighted by Gasteiger charge is -2.08. The highest BCUT2D eigenvalue weighted by Gasteiger charge is 2.20. The van der Waals surface area contributed by atoms with Gasteiger partial charge in [-0.3, -0.25) is 20.4 Å². The maximum Gasteiger partial charge on any atom is 0.350 e. The van der Waals surface area contributed by atoms with Gasteiger partial charge in [-0.25, -0.2) is 4.79 Å². The van der Waals surface area contributed by atoms with Crippen molar-refractivity contribution >= 4 is 74.0 Å². The van der Waals surface area contributed by atoms with Crippen molar-refractivity contribution < 1.29 is 19.1 Å². The smallest absolute Gasteiger partial charge is 0.350 e. The van der Waals surface area contributed by atoms with Crippen LogP contribution in [0.5, 0.6) is 0 Å². The number of hydrogen-bond donors (Lipinski definition) is 2. The molecule has 10 heteroatoms. The Morgan fingerprint density at radius 3 is 2.50 bits per heavy atom. The second kappa shape index (κ2) is 8.79. The van der Waals surface area contributed by atoms with E-state index in [0.717, 1.165) is 16.0 Å². The fourth-order valence-electron chi connectivity index (χ4n) is 2.24. The Labute approximate surface area is 178 Å². The van der Waals surface area contributed by atoms with Crippen LogP contribution in [0.4, 0.5) is 0 Å². The number of fused-ring (bicyclic) bond motifs is 1. The van der Waals surface area contributed by atoms with Crippen LogP contribution in [-0.2, 0) is 9.53 Å². The number of nitrogens with one attached hydrogen (secondary N) is 2. The Morgan fingerprint density at radius 1 is 1.00 bits per heavy atom. The molecule has 0 saturated heterocycles. The highest BCUT2D eigenvalue weighted by Crippen LogP contribution is 2.37. The lowest BCUT2D eigenvalue weighted by Crippen LogP contribution is -2.43. The van der Waals surface area contributed by atoms with Crippen molar-refractivity contribution in [2.45, 2.75) is 0 Å². The molecule has 2 amide bonds. The summed E-state index contributed by atoms with van der Waals surface area (Å²) in [6.45, 7) is -0.604. The van der Waals surface area contributed by atoms with E-state index in [9.17, 15) is 14.4 Å². The van der Waals surface area contributed by atoms with Crippen LogP contribution >= 0.6 is 46.1 Å². The minimum Gasteiger partial charge on any atom is -0.451 e. The van der Waals surface area contributed by atoms with Gasteiger partial charge in [0.25, 0.3) is 11.8 Å². The van der Waals surface area contributed by atoms with Crippen LogP contribution in [-0.4, -0.2) is 24.4 Å². The van der Waals surface area contributed by atoms with E-state index in [1.807, 2.05) is 0 Å². The Balaban J connectivity index is 1.56. The SMILES string of the molecule is O=C(COC(=O)c1sc2cc(Cl)ccc2c1Cl)NNC(=O)c1ccccc1Cl. The number of benzene rings is 2. The minimum atomic E-state index is -0.755. The normalized spacial score (nSPS) is 10.5. The third kappa shape index (κ3) is 4.56. The monoisotopic (exact) mass is 456 g/mol. The molecule has 1 aromatic heterocycles.